The molecule has 1 heterocycles. The van der Waals surface area contributed by atoms with Gasteiger partial charge in [-0.2, -0.15) is 0 Å². The normalized spacial score (nSPS) is 13.2. The average molecular weight is 129 g/mol. The van der Waals surface area contributed by atoms with Crippen LogP contribution in [0.25, 0.3) is 6.08 Å². The summed E-state index contributed by atoms with van der Waals surface area (Å²) in [5.41, 5.74) is 2.45. The van der Waals surface area contributed by atoms with E-state index >= 15 is 0 Å². The molecule has 0 atom stereocenters. The van der Waals surface area contributed by atoms with E-state index in [4.69, 9.17) is 0 Å². The minimum Gasteiger partial charge on any atom is -0.0616 e. The van der Waals surface area contributed by atoms with Crippen LogP contribution in [0.15, 0.2) is 30.5 Å². The highest BCUT2D eigenvalue weighted by molar-refractivity contribution is 5.87. The molecule has 0 aromatic heterocycles. The van der Waals surface area contributed by atoms with Gasteiger partial charge in [-0.3, -0.25) is 0 Å². The van der Waals surface area contributed by atoms with Gasteiger partial charge >= 0.3 is 0 Å². The number of nitrogens with zero attached hydrogens (tertiary/aromatic N) is 1. The SMILES string of the molecule is C1=Cc2ccccc2C=[N+]1. The fourth-order valence-electron chi connectivity index (χ4n) is 1.03. The Bertz CT molecular complexity index is 266. The minimum absolute atomic E-state index is 1.20. The van der Waals surface area contributed by atoms with Crippen LogP contribution in [0.2, 0.25) is 0 Å². The highest BCUT2D eigenvalue weighted by Crippen LogP contribution is 2.09. The summed E-state index contributed by atoms with van der Waals surface area (Å²) in [7, 11) is 0. The summed E-state index contributed by atoms with van der Waals surface area (Å²) >= 11 is 0. The number of fused-ring (bicyclic) bond motifs is 1. The van der Waals surface area contributed by atoms with Crippen molar-refractivity contribution in [1.82, 2.24) is 4.99 Å². The van der Waals surface area contributed by atoms with E-state index in [1.165, 1.54) is 11.1 Å². The molecule has 1 aromatic carbocycles. The van der Waals surface area contributed by atoms with Gasteiger partial charge in [0.2, 0.25) is 12.4 Å². The monoisotopic (exact) mass is 129 g/mol. The van der Waals surface area contributed by atoms with Crippen molar-refractivity contribution in [3.8, 4) is 0 Å². The van der Waals surface area contributed by atoms with E-state index in [0.29, 0.717) is 0 Å². The van der Waals surface area contributed by atoms with Crippen LogP contribution in [0.3, 0.4) is 0 Å². The van der Waals surface area contributed by atoms with E-state index in [2.05, 4.69) is 17.1 Å². The van der Waals surface area contributed by atoms with Gasteiger partial charge in [-0.05, 0) is 11.6 Å². The number of aliphatic imine (C=N–C) groups is 1. The summed E-state index contributed by atoms with van der Waals surface area (Å²) < 4.78 is 0. The van der Waals surface area contributed by atoms with Crippen molar-refractivity contribution in [3.63, 3.8) is 0 Å². The van der Waals surface area contributed by atoms with Gasteiger partial charge in [0.15, 0.2) is 0 Å². The molecular weight excluding hydrogens is 122 g/mol. The van der Waals surface area contributed by atoms with Gasteiger partial charge in [0.1, 0.15) is 0 Å². The zero-order valence-corrected chi connectivity index (χ0v) is 5.49. The lowest BCUT2D eigenvalue weighted by Gasteiger charge is -1.94. The molecule has 1 aliphatic rings. The molecule has 10 heavy (non-hydrogen) atoms. The standard InChI is InChI=1S/C9H7N/c1-2-4-9-7-10-6-5-8(9)3-1/h1-7H/q+1. The Labute approximate surface area is 59.7 Å². The quantitative estimate of drug-likeness (QED) is 0.503. The number of rotatable bonds is 0. The first kappa shape index (κ1) is 5.42. The molecule has 1 aliphatic heterocycles. The summed E-state index contributed by atoms with van der Waals surface area (Å²) in [5, 5.41) is 0. The number of hydrogen-bond donors (Lipinski definition) is 0. The fraction of sp³-hybridized carbons (Fsp3) is 0. The van der Waals surface area contributed by atoms with E-state index in [-0.39, 0.29) is 0 Å². The van der Waals surface area contributed by atoms with Crippen LogP contribution < -0.4 is 4.99 Å². The number of benzene rings is 1. The molecule has 1 aromatic rings. The molecule has 0 unspecified atom stereocenters. The first-order valence-corrected chi connectivity index (χ1v) is 3.25. The molecule has 2 rings (SSSR count). The van der Waals surface area contributed by atoms with Gasteiger partial charge in [0, 0.05) is 6.08 Å². The van der Waals surface area contributed by atoms with Crippen molar-refractivity contribution in [2.45, 2.75) is 0 Å². The van der Waals surface area contributed by atoms with E-state index in [0.717, 1.165) is 0 Å². The maximum atomic E-state index is 4.01. The molecule has 0 amide bonds. The molecule has 0 aliphatic carbocycles. The Morgan fingerprint density at radius 2 is 1.80 bits per heavy atom. The maximum Gasteiger partial charge on any atom is 0.249 e. The lowest BCUT2D eigenvalue weighted by Crippen LogP contribution is -1.95. The molecule has 0 fully saturated rings. The molecule has 0 bridgehead atoms. The topological polar surface area (TPSA) is 14.1 Å². The van der Waals surface area contributed by atoms with Crippen molar-refractivity contribution in [1.29, 1.82) is 0 Å². The highest BCUT2D eigenvalue weighted by Gasteiger charge is 2.03. The zero-order valence-electron chi connectivity index (χ0n) is 5.49. The van der Waals surface area contributed by atoms with E-state index < -0.39 is 0 Å². The maximum absolute atomic E-state index is 4.01. The zero-order chi connectivity index (χ0) is 6.81. The van der Waals surface area contributed by atoms with Crippen LogP contribution in [0.4, 0.5) is 0 Å². The smallest absolute Gasteiger partial charge is 0.0616 e. The second kappa shape index (κ2) is 2.10. The first-order valence-electron chi connectivity index (χ1n) is 3.25. The Kier molecular flexibility index (Phi) is 1.14. The van der Waals surface area contributed by atoms with Crippen LogP contribution in [0.5, 0.6) is 0 Å². The molecule has 0 N–H and O–H groups in total. The Hall–Kier alpha value is -1.37. The summed E-state index contributed by atoms with van der Waals surface area (Å²) in [5.74, 6) is 0. The average Bonchev–Trinajstić information content (AvgIpc) is 2.05. The van der Waals surface area contributed by atoms with E-state index in [1.54, 1.807) is 0 Å². The third kappa shape index (κ3) is 0.760. The number of hydrogen-bond acceptors (Lipinski definition) is 1. The van der Waals surface area contributed by atoms with Crippen LogP contribution in [0.1, 0.15) is 11.1 Å². The minimum atomic E-state index is 1.20. The molecular formula is C9H7N+. The Balaban J connectivity index is 2.65. The first-order chi connectivity index (χ1) is 4.97. The Morgan fingerprint density at radius 3 is 2.60 bits per heavy atom. The van der Waals surface area contributed by atoms with Crippen molar-refractivity contribution in [2.24, 2.45) is 0 Å². The predicted molar refractivity (Wildman–Crippen MR) is 42.8 cm³/mol. The van der Waals surface area contributed by atoms with Gasteiger partial charge < -0.3 is 0 Å². The van der Waals surface area contributed by atoms with Crippen LogP contribution in [-0.2, 0) is 0 Å². The summed E-state index contributed by atoms with van der Waals surface area (Å²) in [4.78, 5) is 4.01. The molecule has 1 nitrogen and oxygen atoms in total. The van der Waals surface area contributed by atoms with Gasteiger partial charge in [0.25, 0.3) is 0 Å². The summed E-state index contributed by atoms with van der Waals surface area (Å²) in [6, 6.07) is 8.19. The third-order valence-corrected chi connectivity index (χ3v) is 1.55. The van der Waals surface area contributed by atoms with Gasteiger partial charge in [-0.25, -0.2) is 0 Å². The largest absolute Gasteiger partial charge is 0.249 e. The molecule has 0 saturated heterocycles. The van der Waals surface area contributed by atoms with Crippen LogP contribution >= 0.6 is 0 Å². The van der Waals surface area contributed by atoms with Gasteiger partial charge in [0.05, 0.1) is 10.6 Å². The molecule has 0 spiro atoms. The van der Waals surface area contributed by atoms with Gasteiger partial charge in [-0.15, -0.1) is 0 Å². The van der Waals surface area contributed by atoms with E-state index in [9.17, 15) is 0 Å². The molecule has 1 radical (unpaired) electrons. The fourth-order valence-corrected chi connectivity index (χ4v) is 1.03. The second-order valence-electron chi connectivity index (χ2n) is 2.22. The summed E-state index contributed by atoms with van der Waals surface area (Å²) in [6.07, 6.45) is 5.69. The molecule has 1 heteroatoms. The highest BCUT2D eigenvalue weighted by atomic mass is 14.7. The van der Waals surface area contributed by atoms with Crippen molar-refractivity contribution in [2.75, 3.05) is 0 Å². The second-order valence-corrected chi connectivity index (χ2v) is 2.22. The molecule has 47 valence electrons. The molecule has 0 saturated carbocycles. The predicted octanol–water partition coefficient (Wildman–Crippen LogP) is 1.43. The summed E-state index contributed by atoms with van der Waals surface area (Å²) in [6.45, 7) is 0. The van der Waals surface area contributed by atoms with Crippen molar-refractivity contribution < 1.29 is 0 Å². The van der Waals surface area contributed by atoms with Crippen molar-refractivity contribution >= 4 is 12.3 Å². The van der Waals surface area contributed by atoms with Crippen LogP contribution in [-0.4, -0.2) is 6.21 Å². The van der Waals surface area contributed by atoms with Crippen LogP contribution in [0, 0.1) is 0 Å². The van der Waals surface area contributed by atoms with Crippen molar-refractivity contribution in [3.05, 3.63) is 41.6 Å². The lowest BCUT2D eigenvalue weighted by atomic mass is 10.1. The third-order valence-electron chi connectivity index (χ3n) is 1.55. The lowest BCUT2D eigenvalue weighted by molar-refractivity contribution is 1.38. The van der Waals surface area contributed by atoms with E-state index in [1.807, 2.05) is 30.6 Å². The Morgan fingerprint density at radius 1 is 1.00 bits per heavy atom. The van der Waals surface area contributed by atoms with Gasteiger partial charge in [-0.1, -0.05) is 18.2 Å².